The molecule has 1 atom stereocenters. The highest BCUT2D eigenvalue weighted by atomic mass is 35.5. The fraction of sp³-hybridized carbons (Fsp3) is 0.238. The van der Waals surface area contributed by atoms with Crippen LogP contribution < -0.4 is 10.2 Å². The van der Waals surface area contributed by atoms with Gasteiger partial charge in [-0.15, -0.1) is 0 Å². The predicted molar refractivity (Wildman–Crippen MR) is 108 cm³/mol. The first-order valence-corrected chi connectivity index (χ1v) is 9.39. The van der Waals surface area contributed by atoms with Crippen LogP contribution in [-0.2, 0) is 14.3 Å². The van der Waals surface area contributed by atoms with E-state index in [2.05, 4.69) is 5.32 Å². The van der Waals surface area contributed by atoms with Crippen molar-refractivity contribution in [1.29, 1.82) is 5.26 Å². The number of nitriles is 1. The van der Waals surface area contributed by atoms with Crippen molar-refractivity contribution < 1.29 is 19.1 Å². The number of esters is 1. The number of benzene rings is 2. The second-order valence-corrected chi connectivity index (χ2v) is 6.95. The fourth-order valence-electron chi connectivity index (χ4n) is 2.90. The molecule has 2 aromatic rings. The first kappa shape index (κ1) is 20.4. The van der Waals surface area contributed by atoms with Gasteiger partial charge in [0.1, 0.15) is 0 Å². The van der Waals surface area contributed by atoms with Crippen LogP contribution in [0.25, 0.3) is 0 Å². The van der Waals surface area contributed by atoms with Gasteiger partial charge >= 0.3 is 5.97 Å². The normalized spacial score (nSPS) is 14.2. The molecule has 0 unspecified atom stereocenters. The molecule has 0 radical (unpaired) electrons. The van der Waals surface area contributed by atoms with Crippen LogP contribution in [-0.4, -0.2) is 30.4 Å². The number of nitrogens with zero attached hydrogens (tertiary/aromatic N) is 2. The van der Waals surface area contributed by atoms with Gasteiger partial charge in [-0.2, -0.15) is 5.26 Å². The van der Waals surface area contributed by atoms with Crippen LogP contribution in [0, 0.1) is 11.3 Å². The van der Waals surface area contributed by atoms with E-state index >= 15 is 0 Å². The molecular formula is C21H18ClN3O4. The van der Waals surface area contributed by atoms with Gasteiger partial charge in [0.05, 0.1) is 27.9 Å². The van der Waals surface area contributed by atoms with Crippen molar-refractivity contribution in [2.75, 3.05) is 16.8 Å². The van der Waals surface area contributed by atoms with Crippen molar-refractivity contribution in [2.24, 2.45) is 0 Å². The molecule has 1 heterocycles. The monoisotopic (exact) mass is 411 g/mol. The zero-order chi connectivity index (χ0) is 21.0. The summed E-state index contributed by atoms with van der Waals surface area (Å²) in [7, 11) is 0. The van der Waals surface area contributed by atoms with Crippen LogP contribution >= 0.6 is 11.6 Å². The molecule has 1 N–H and O–H groups in total. The highest BCUT2D eigenvalue weighted by Crippen LogP contribution is 2.30. The molecule has 3 rings (SSSR count). The second kappa shape index (κ2) is 8.76. The Morgan fingerprint density at radius 2 is 1.97 bits per heavy atom. The molecule has 1 saturated heterocycles. The van der Waals surface area contributed by atoms with Gasteiger partial charge in [-0.05, 0) is 55.8 Å². The summed E-state index contributed by atoms with van der Waals surface area (Å²) in [5, 5.41) is 11.8. The number of hydrogen-bond donors (Lipinski definition) is 1. The fourth-order valence-corrected chi connectivity index (χ4v) is 3.12. The van der Waals surface area contributed by atoms with Gasteiger partial charge in [0.15, 0.2) is 6.10 Å². The highest BCUT2D eigenvalue weighted by Gasteiger charge is 2.25. The van der Waals surface area contributed by atoms with Gasteiger partial charge in [-0.3, -0.25) is 9.59 Å². The van der Waals surface area contributed by atoms with E-state index in [4.69, 9.17) is 21.6 Å². The lowest BCUT2D eigenvalue weighted by atomic mass is 10.2. The Hall–Kier alpha value is -3.37. The van der Waals surface area contributed by atoms with E-state index in [0.29, 0.717) is 34.9 Å². The Kier molecular flexibility index (Phi) is 6.15. The minimum atomic E-state index is -1.05. The number of rotatable bonds is 5. The SMILES string of the molecule is C[C@@H](OC(=O)c1ccc(Cl)c(N2CCCC2=O)c1)C(=O)Nc1ccc(C#N)cc1. The topological polar surface area (TPSA) is 99.5 Å². The summed E-state index contributed by atoms with van der Waals surface area (Å²) >= 11 is 6.18. The number of carbonyl (C=O) groups excluding carboxylic acids is 3. The third kappa shape index (κ3) is 4.73. The molecule has 1 aliphatic heterocycles. The first-order valence-electron chi connectivity index (χ1n) is 9.01. The Bertz CT molecular complexity index is 998. The van der Waals surface area contributed by atoms with Gasteiger partial charge in [-0.25, -0.2) is 4.79 Å². The first-order chi connectivity index (χ1) is 13.9. The molecule has 148 valence electrons. The number of anilines is 2. The molecule has 0 spiro atoms. The van der Waals surface area contributed by atoms with Crippen molar-refractivity contribution >= 4 is 40.8 Å². The number of hydrogen-bond acceptors (Lipinski definition) is 5. The molecule has 1 aliphatic rings. The third-order valence-corrected chi connectivity index (χ3v) is 4.80. The van der Waals surface area contributed by atoms with E-state index in [-0.39, 0.29) is 11.5 Å². The number of halogens is 1. The number of nitrogens with one attached hydrogen (secondary N) is 1. The van der Waals surface area contributed by atoms with Gasteiger partial charge < -0.3 is 15.0 Å². The molecule has 0 aromatic heterocycles. The largest absolute Gasteiger partial charge is 0.449 e. The molecule has 7 nitrogen and oxygen atoms in total. The molecular weight excluding hydrogens is 394 g/mol. The van der Waals surface area contributed by atoms with E-state index in [0.717, 1.165) is 6.42 Å². The Morgan fingerprint density at radius 1 is 1.24 bits per heavy atom. The van der Waals surface area contributed by atoms with E-state index in [1.54, 1.807) is 29.2 Å². The van der Waals surface area contributed by atoms with Gasteiger partial charge in [0.2, 0.25) is 5.91 Å². The molecule has 8 heteroatoms. The molecule has 1 fully saturated rings. The number of ether oxygens (including phenoxy) is 1. The van der Waals surface area contributed by atoms with Crippen LogP contribution in [0.4, 0.5) is 11.4 Å². The van der Waals surface area contributed by atoms with Gasteiger partial charge in [-0.1, -0.05) is 11.6 Å². The average Bonchev–Trinajstić information content (AvgIpc) is 3.14. The quantitative estimate of drug-likeness (QED) is 0.759. The Morgan fingerprint density at radius 3 is 2.59 bits per heavy atom. The van der Waals surface area contributed by atoms with E-state index in [1.807, 2.05) is 6.07 Å². The molecule has 2 aromatic carbocycles. The van der Waals surface area contributed by atoms with Crippen molar-refractivity contribution in [1.82, 2.24) is 0 Å². The summed E-state index contributed by atoms with van der Waals surface area (Å²) in [6.45, 7) is 2.00. The van der Waals surface area contributed by atoms with Crippen LogP contribution in [0.3, 0.4) is 0 Å². The van der Waals surface area contributed by atoms with Crippen LogP contribution in [0.5, 0.6) is 0 Å². The number of carbonyl (C=O) groups is 3. The van der Waals surface area contributed by atoms with E-state index < -0.39 is 18.0 Å². The summed E-state index contributed by atoms with van der Waals surface area (Å²) in [6.07, 6.45) is 0.124. The summed E-state index contributed by atoms with van der Waals surface area (Å²) in [6, 6.07) is 12.8. The van der Waals surface area contributed by atoms with Crippen molar-refractivity contribution in [3.8, 4) is 6.07 Å². The summed E-state index contributed by atoms with van der Waals surface area (Å²) in [4.78, 5) is 38.3. The minimum absolute atomic E-state index is 0.0485. The highest BCUT2D eigenvalue weighted by molar-refractivity contribution is 6.34. The predicted octanol–water partition coefficient (Wildman–Crippen LogP) is 3.52. The van der Waals surface area contributed by atoms with Crippen LogP contribution in [0.2, 0.25) is 5.02 Å². The molecule has 2 amide bonds. The Labute approximate surface area is 172 Å². The zero-order valence-corrected chi connectivity index (χ0v) is 16.4. The van der Waals surface area contributed by atoms with Crippen LogP contribution in [0.1, 0.15) is 35.7 Å². The lowest BCUT2D eigenvalue weighted by molar-refractivity contribution is -0.123. The van der Waals surface area contributed by atoms with Gasteiger partial charge in [0.25, 0.3) is 5.91 Å². The maximum Gasteiger partial charge on any atom is 0.338 e. The van der Waals surface area contributed by atoms with E-state index in [1.165, 1.54) is 25.1 Å². The summed E-state index contributed by atoms with van der Waals surface area (Å²) < 4.78 is 5.25. The average molecular weight is 412 g/mol. The molecule has 0 saturated carbocycles. The minimum Gasteiger partial charge on any atom is -0.449 e. The summed E-state index contributed by atoms with van der Waals surface area (Å²) in [5.41, 5.74) is 1.61. The lowest BCUT2D eigenvalue weighted by Gasteiger charge is -2.19. The second-order valence-electron chi connectivity index (χ2n) is 6.54. The zero-order valence-electron chi connectivity index (χ0n) is 15.6. The molecule has 29 heavy (non-hydrogen) atoms. The summed E-state index contributed by atoms with van der Waals surface area (Å²) in [5.74, 6) is -1.25. The maximum atomic E-state index is 12.5. The molecule has 0 aliphatic carbocycles. The van der Waals surface area contributed by atoms with Crippen molar-refractivity contribution in [3.63, 3.8) is 0 Å². The molecule has 0 bridgehead atoms. The van der Waals surface area contributed by atoms with E-state index in [9.17, 15) is 14.4 Å². The number of amides is 2. The Balaban J connectivity index is 1.66. The van der Waals surface area contributed by atoms with Crippen molar-refractivity contribution in [3.05, 3.63) is 58.6 Å². The smallest absolute Gasteiger partial charge is 0.338 e. The maximum absolute atomic E-state index is 12.5. The third-order valence-electron chi connectivity index (χ3n) is 4.48. The van der Waals surface area contributed by atoms with Crippen LogP contribution in [0.15, 0.2) is 42.5 Å². The standard InChI is InChI=1S/C21H18ClN3O4/c1-13(20(27)24-16-7-4-14(12-23)5-8-16)29-21(28)15-6-9-17(22)18(11-15)25-10-2-3-19(25)26/h4-9,11,13H,2-3,10H2,1H3,(H,24,27)/t13-/m1/s1. The lowest BCUT2D eigenvalue weighted by Crippen LogP contribution is -2.30. The van der Waals surface area contributed by atoms with Crippen molar-refractivity contribution in [2.45, 2.75) is 25.9 Å². The van der Waals surface area contributed by atoms with Gasteiger partial charge in [0, 0.05) is 18.7 Å².